The zero-order valence-electron chi connectivity index (χ0n) is 9.04. The number of ether oxygens (including phenoxy) is 2. The molecule has 2 aliphatic rings. The van der Waals surface area contributed by atoms with Crippen LogP contribution in [0.1, 0.15) is 25.7 Å². The first-order valence-electron chi connectivity index (χ1n) is 5.85. The van der Waals surface area contributed by atoms with Gasteiger partial charge in [0.2, 0.25) is 0 Å². The van der Waals surface area contributed by atoms with Crippen molar-refractivity contribution in [3.63, 3.8) is 0 Å². The van der Waals surface area contributed by atoms with Gasteiger partial charge < -0.3 is 14.8 Å². The van der Waals surface area contributed by atoms with Crippen LogP contribution in [0.5, 0.6) is 0 Å². The van der Waals surface area contributed by atoms with Crippen molar-refractivity contribution < 1.29 is 14.3 Å². The Bertz CT molecular complexity index is 208. The molecule has 0 radical (unpaired) electrons. The summed E-state index contributed by atoms with van der Waals surface area (Å²) in [6, 6.07) is 0. The Hall–Kier alpha value is -0.610. The summed E-state index contributed by atoms with van der Waals surface area (Å²) in [6.07, 6.45) is 4.28. The van der Waals surface area contributed by atoms with Crippen molar-refractivity contribution >= 4 is 5.97 Å². The van der Waals surface area contributed by atoms with Crippen LogP contribution in [-0.2, 0) is 14.3 Å². The first kappa shape index (κ1) is 10.9. The molecule has 4 heteroatoms. The van der Waals surface area contributed by atoms with E-state index in [2.05, 4.69) is 5.32 Å². The minimum absolute atomic E-state index is 0.0557. The fraction of sp³-hybridized carbons (Fsp3) is 0.909. The maximum Gasteiger partial charge on any atom is 0.310 e. The van der Waals surface area contributed by atoms with E-state index in [1.165, 1.54) is 0 Å². The lowest BCUT2D eigenvalue weighted by Crippen LogP contribution is -2.36. The molecule has 2 aliphatic heterocycles. The lowest BCUT2D eigenvalue weighted by molar-refractivity contribution is -0.152. The molecule has 0 aromatic rings. The largest absolute Gasteiger partial charge is 0.463 e. The highest BCUT2D eigenvalue weighted by Gasteiger charge is 2.24. The second-order valence-corrected chi connectivity index (χ2v) is 4.31. The average Bonchev–Trinajstić information content (AvgIpc) is 2.80. The maximum atomic E-state index is 11.6. The van der Waals surface area contributed by atoms with Crippen LogP contribution >= 0.6 is 0 Å². The predicted molar refractivity (Wildman–Crippen MR) is 55.5 cm³/mol. The summed E-state index contributed by atoms with van der Waals surface area (Å²) >= 11 is 0. The van der Waals surface area contributed by atoms with Crippen LogP contribution in [0, 0.1) is 5.92 Å². The minimum Gasteiger partial charge on any atom is -0.463 e. The first-order chi connectivity index (χ1) is 7.36. The molecule has 1 N–H and O–H groups in total. The number of nitrogens with one attached hydrogen (secondary N) is 1. The quantitative estimate of drug-likeness (QED) is 0.701. The van der Waals surface area contributed by atoms with E-state index < -0.39 is 0 Å². The number of carbonyl (C=O) groups excluding carboxylic acids is 1. The molecule has 0 saturated carbocycles. The summed E-state index contributed by atoms with van der Waals surface area (Å²) in [5.41, 5.74) is 0. The fourth-order valence-corrected chi connectivity index (χ4v) is 2.12. The van der Waals surface area contributed by atoms with Gasteiger partial charge in [0.1, 0.15) is 6.61 Å². The summed E-state index contributed by atoms with van der Waals surface area (Å²) < 4.78 is 10.7. The Morgan fingerprint density at radius 2 is 2.33 bits per heavy atom. The third-order valence-electron chi connectivity index (χ3n) is 3.07. The third kappa shape index (κ3) is 3.18. The second kappa shape index (κ2) is 5.47. The van der Waals surface area contributed by atoms with Gasteiger partial charge in [-0.05, 0) is 32.2 Å². The molecular formula is C11H19NO3. The van der Waals surface area contributed by atoms with Gasteiger partial charge in [0, 0.05) is 13.2 Å². The Labute approximate surface area is 90.3 Å². The van der Waals surface area contributed by atoms with Crippen LogP contribution in [0.3, 0.4) is 0 Å². The molecule has 0 aromatic heterocycles. The Balaban J connectivity index is 1.66. The molecule has 15 heavy (non-hydrogen) atoms. The van der Waals surface area contributed by atoms with Gasteiger partial charge in [0.05, 0.1) is 12.0 Å². The molecule has 2 saturated heterocycles. The van der Waals surface area contributed by atoms with Gasteiger partial charge >= 0.3 is 5.97 Å². The molecule has 2 atom stereocenters. The number of hydrogen-bond acceptors (Lipinski definition) is 4. The van der Waals surface area contributed by atoms with Gasteiger partial charge in [-0.3, -0.25) is 4.79 Å². The van der Waals surface area contributed by atoms with E-state index in [0.29, 0.717) is 6.61 Å². The summed E-state index contributed by atoms with van der Waals surface area (Å²) in [7, 11) is 0. The van der Waals surface area contributed by atoms with Crippen molar-refractivity contribution in [1.82, 2.24) is 5.32 Å². The number of esters is 1. The summed E-state index contributed by atoms with van der Waals surface area (Å²) in [5, 5.41) is 3.21. The van der Waals surface area contributed by atoms with Crippen LogP contribution < -0.4 is 5.32 Å². The smallest absolute Gasteiger partial charge is 0.310 e. The van der Waals surface area contributed by atoms with Gasteiger partial charge in [-0.15, -0.1) is 0 Å². The molecule has 2 heterocycles. The standard InChI is InChI=1S/C11H19NO3/c13-11(9-3-1-5-12-7-9)15-8-10-4-2-6-14-10/h9-10,12H,1-8H2. The molecule has 0 bridgehead atoms. The van der Waals surface area contributed by atoms with E-state index in [1.54, 1.807) is 0 Å². The van der Waals surface area contributed by atoms with Crippen LogP contribution in [0.2, 0.25) is 0 Å². The zero-order valence-corrected chi connectivity index (χ0v) is 9.04. The summed E-state index contributed by atoms with van der Waals surface area (Å²) in [4.78, 5) is 11.6. The molecule has 0 amide bonds. The fourth-order valence-electron chi connectivity index (χ4n) is 2.12. The van der Waals surface area contributed by atoms with E-state index in [1.807, 2.05) is 0 Å². The van der Waals surface area contributed by atoms with Crippen LogP contribution in [0.15, 0.2) is 0 Å². The van der Waals surface area contributed by atoms with Gasteiger partial charge in [0.15, 0.2) is 0 Å². The number of hydrogen-bond donors (Lipinski definition) is 1. The number of rotatable bonds is 3. The van der Waals surface area contributed by atoms with Gasteiger partial charge in [-0.25, -0.2) is 0 Å². The predicted octanol–water partition coefficient (Wildman–Crippen LogP) is 0.708. The SMILES string of the molecule is O=C(OCC1CCCO1)C1CCCNC1. The second-order valence-electron chi connectivity index (χ2n) is 4.31. The molecule has 0 aliphatic carbocycles. The molecule has 2 rings (SSSR count). The highest BCUT2D eigenvalue weighted by atomic mass is 16.6. The van der Waals surface area contributed by atoms with Crippen molar-refractivity contribution in [2.24, 2.45) is 5.92 Å². The number of piperidine rings is 1. The van der Waals surface area contributed by atoms with Crippen molar-refractivity contribution in [2.75, 3.05) is 26.3 Å². The van der Waals surface area contributed by atoms with E-state index in [0.717, 1.165) is 45.4 Å². The first-order valence-corrected chi connectivity index (χ1v) is 5.85. The van der Waals surface area contributed by atoms with Crippen LogP contribution in [0.4, 0.5) is 0 Å². The van der Waals surface area contributed by atoms with Crippen molar-refractivity contribution in [3.05, 3.63) is 0 Å². The zero-order chi connectivity index (χ0) is 10.5. The molecule has 2 fully saturated rings. The minimum atomic E-state index is -0.0577. The molecule has 0 spiro atoms. The van der Waals surface area contributed by atoms with Crippen LogP contribution in [0.25, 0.3) is 0 Å². The Kier molecular flexibility index (Phi) is 3.97. The van der Waals surface area contributed by atoms with Gasteiger partial charge in [0.25, 0.3) is 0 Å². The third-order valence-corrected chi connectivity index (χ3v) is 3.07. The topological polar surface area (TPSA) is 47.6 Å². The average molecular weight is 213 g/mol. The van der Waals surface area contributed by atoms with Gasteiger partial charge in [-0.1, -0.05) is 0 Å². The molecule has 0 aromatic carbocycles. The Morgan fingerprint density at radius 3 is 3.00 bits per heavy atom. The lowest BCUT2D eigenvalue weighted by Gasteiger charge is -2.21. The lowest BCUT2D eigenvalue weighted by atomic mass is 10.0. The van der Waals surface area contributed by atoms with Crippen molar-refractivity contribution in [2.45, 2.75) is 31.8 Å². The van der Waals surface area contributed by atoms with E-state index in [4.69, 9.17) is 9.47 Å². The highest BCUT2D eigenvalue weighted by Crippen LogP contribution is 2.15. The van der Waals surface area contributed by atoms with E-state index in [-0.39, 0.29) is 18.0 Å². The maximum absolute atomic E-state index is 11.6. The summed E-state index contributed by atoms with van der Waals surface area (Å²) in [6.45, 7) is 3.04. The molecule has 4 nitrogen and oxygen atoms in total. The summed E-state index contributed by atoms with van der Waals surface area (Å²) in [5.74, 6) is -0.00199. The highest BCUT2D eigenvalue weighted by molar-refractivity contribution is 5.72. The Morgan fingerprint density at radius 1 is 1.40 bits per heavy atom. The van der Waals surface area contributed by atoms with Crippen molar-refractivity contribution in [1.29, 1.82) is 0 Å². The molecule has 86 valence electrons. The van der Waals surface area contributed by atoms with E-state index >= 15 is 0 Å². The molecule has 2 unspecified atom stereocenters. The normalized spacial score (nSPS) is 31.5. The molecular weight excluding hydrogens is 194 g/mol. The monoisotopic (exact) mass is 213 g/mol. The van der Waals surface area contributed by atoms with E-state index in [9.17, 15) is 4.79 Å². The van der Waals surface area contributed by atoms with Crippen LogP contribution in [-0.4, -0.2) is 38.4 Å². The van der Waals surface area contributed by atoms with Gasteiger partial charge in [-0.2, -0.15) is 0 Å². The number of carbonyl (C=O) groups is 1. The van der Waals surface area contributed by atoms with Crippen molar-refractivity contribution in [3.8, 4) is 0 Å².